The lowest BCUT2D eigenvalue weighted by Crippen LogP contribution is -2.28. The van der Waals surface area contributed by atoms with Crippen LogP contribution in [0.3, 0.4) is 0 Å². The van der Waals surface area contributed by atoms with Crippen molar-refractivity contribution in [3.8, 4) is 0 Å². The second kappa shape index (κ2) is 4.80. The zero-order valence-electron chi connectivity index (χ0n) is 7.45. The van der Waals surface area contributed by atoms with E-state index in [0.717, 1.165) is 19.4 Å². The van der Waals surface area contributed by atoms with Gasteiger partial charge in [-0.25, -0.2) is 0 Å². The van der Waals surface area contributed by atoms with E-state index in [1.54, 1.807) is 0 Å². The highest BCUT2D eigenvalue weighted by atomic mass is 16.5. The van der Waals surface area contributed by atoms with Gasteiger partial charge >= 0.3 is 5.97 Å². The first-order valence-electron chi connectivity index (χ1n) is 4.39. The number of rotatable bonds is 3. The van der Waals surface area contributed by atoms with E-state index in [1.807, 2.05) is 18.0 Å². The van der Waals surface area contributed by atoms with Crippen LogP contribution in [0, 0.1) is 0 Å². The Morgan fingerprint density at radius 3 is 3.08 bits per heavy atom. The van der Waals surface area contributed by atoms with Crippen LogP contribution < -0.4 is 0 Å². The molecule has 0 saturated carbocycles. The van der Waals surface area contributed by atoms with Gasteiger partial charge in [-0.1, -0.05) is 6.08 Å². The quantitative estimate of drug-likeness (QED) is 0.594. The molecule has 0 spiro atoms. The second-order valence-electron chi connectivity index (χ2n) is 2.80. The van der Waals surface area contributed by atoms with E-state index in [9.17, 15) is 4.79 Å². The maximum absolute atomic E-state index is 11.0. The Hall–Kier alpha value is -0.990. The van der Waals surface area contributed by atoms with Crippen LogP contribution in [0.25, 0.3) is 0 Å². The van der Waals surface area contributed by atoms with E-state index in [-0.39, 0.29) is 5.97 Å². The van der Waals surface area contributed by atoms with Crippen LogP contribution in [0.2, 0.25) is 0 Å². The highest BCUT2D eigenvalue weighted by Gasteiger charge is 2.08. The number of esters is 1. The molecule has 0 fully saturated rings. The van der Waals surface area contributed by atoms with Crippen molar-refractivity contribution in [1.82, 2.24) is 4.90 Å². The number of nitrogens with zero attached hydrogens (tertiary/aromatic N) is 1. The molecule has 0 bridgehead atoms. The van der Waals surface area contributed by atoms with Gasteiger partial charge in [-0.2, -0.15) is 0 Å². The average Bonchev–Trinajstić information content (AvgIpc) is 2.06. The SMILES string of the molecule is CCOC(=O)CN1C=CCCC1. The molecule has 1 aliphatic heterocycles. The number of hydrogen-bond acceptors (Lipinski definition) is 3. The molecule has 1 aliphatic rings. The van der Waals surface area contributed by atoms with Gasteiger partial charge in [0.2, 0.25) is 0 Å². The summed E-state index contributed by atoms with van der Waals surface area (Å²) in [5.41, 5.74) is 0. The average molecular weight is 169 g/mol. The molecule has 0 saturated heterocycles. The molecule has 1 rings (SSSR count). The van der Waals surface area contributed by atoms with Crippen LogP contribution in [0.4, 0.5) is 0 Å². The smallest absolute Gasteiger partial charge is 0.325 e. The summed E-state index contributed by atoms with van der Waals surface area (Å²) < 4.78 is 4.83. The predicted octanol–water partition coefficient (Wildman–Crippen LogP) is 1.16. The van der Waals surface area contributed by atoms with E-state index >= 15 is 0 Å². The zero-order valence-corrected chi connectivity index (χ0v) is 7.45. The van der Waals surface area contributed by atoms with E-state index < -0.39 is 0 Å². The highest BCUT2D eigenvalue weighted by Crippen LogP contribution is 2.04. The summed E-state index contributed by atoms with van der Waals surface area (Å²) in [6.07, 6.45) is 6.32. The van der Waals surface area contributed by atoms with Crippen molar-refractivity contribution in [2.45, 2.75) is 19.8 Å². The minimum Gasteiger partial charge on any atom is -0.465 e. The fraction of sp³-hybridized carbons (Fsp3) is 0.667. The Labute approximate surface area is 73.0 Å². The third-order valence-corrected chi connectivity index (χ3v) is 1.77. The van der Waals surface area contributed by atoms with Gasteiger partial charge in [0.15, 0.2) is 0 Å². The summed E-state index contributed by atoms with van der Waals surface area (Å²) in [6, 6.07) is 0. The van der Waals surface area contributed by atoms with E-state index in [2.05, 4.69) is 6.08 Å². The zero-order chi connectivity index (χ0) is 8.81. The van der Waals surface area contributed by atoms with Crippen molar-refractivity contribution in [3.63, 3.8) is 0 Å². The summed E-state index contributed by atoms with van der Waals surface area (Å²) in [5, 5.41) is 0. The van der Waals surface area contributed by atoms with Crippen molar-refractivity contribution in [2.24, 2.45) is 0 Å². The first-order chi connectivity index (χ1) is 5.83. The fourth-order valence-electron chi connectivity index (χ4n) is 1.21. The lowest BCUT2D eigenvalue weighted by atomic mass is 10.2. The lowest BCUT2D eigenvalue weighted by Gasteiger charge is -2.21. The molecule has 0 unspecified atom stereocenters. The summed E-state index contributed by atoms with van der Waals surface area (Å²) in [7, 11) is 0. The molecule has 3 nitrogen and oxygen atoms in total. The normalized spacial score (nSPS) is 16.2. The molecular weight excluding hydrogens is 154 g/mol. The predicted molar refractivity (Wildman–Crippen MR) is 46.6 cm³/mol. The fourth-order valence-corrected chi connectivity index (χ4v) is 1.21. The standard InChI is InChI=1S/C9H15NO2/c1-2-12-9(11)8-10-6-4-3-5-7-10/h4,6H,2-3,5,7-8H2,1H3. The number of carbonyl (C=O) groups excluding carboxylic acids is 1. The Morgan fingerprint density at radius 2 is 2.50 bits per heavy atom. The molecule has 0 aliphatic carbocycles. The molecule has 0 radical (unpaired) electrons. The number of allylic oxidation sites excluding steroid dienone is 1. The maximum Gasteiger partial charge on any atom is 0.325 e. The first kappa shape index (κ1) is 9.10. The molecule has 0 N–H and O–H groups in total. The molecule has 0 aromatic rings. The minimum atomic E-state index is -0.135. The summed E-state index contributed by atoms with van der Waals surface area (Å²) in [5.74, 6) is -0.135. The third-order valence-electron chi connectivity index (χ3n) is 1.77. The Bertz CT molecular complexity index is 177. The van der Waals surface area contributed by atoms with Gasteiger partial charge in [-0.15, -0.1) is 0 Å². The molecule has 12 heavy (non-hydrogen) atoms. The van der Waals surface area contributed by atoms with Crippen molar-refractivity contribution in [2.75, 3.05) is 19.7 Å². The van der Waals surface area contributed by atoms with Gasteiger partial charge in [-0.3, -0.25) is 4.79 Å². The molecule has 0 aromatic heterocycles. The van der Waals surface area contributed by atoms with Gasteiger partial charge in [0.25, 0.3) is 0 Å². The van der Waals surface area contributed by atoms with Gasteiger partial charge in [0.1, 0.15) is 6.54 Å². The Balaban J connectivity index is 2.25. The van der Waals surface area contributed by atoms with Crippen molar-refractivity contribution >= 4 is 5.97 Å². The third kappa shape index (κ3) is 2.95. The number of hydrogen-bond donors (Lipinski definition) is 0. The summed E-state index contributed by atoms with van der Waals surface area (Å²) in [4.78, 5) is 13.0. The Kier molecular flexibility index (Phi) is 3.64. The van der Waals surface area contributed by atoms with Crippen molar-refractivity contribution in [1.29, 1.82) is 0 Å². The topological polar surface area (TPSA) is 29.5 Å². The second-order valence-corrected chi connectivity index (χ2v) is 2.80. The van der Waals surface area contributed by atoms with Crippen LogP contribution in [-0.4, -0.2) is 30.6 Å². The van der Waals surface area contributed by atoms with Crippen LogP contribution >= 0.6 is 0 Å². The van der Waals surface area contributed by atoms with E-state index in [0.29, 0.717) is 13.2 Å². The molecule has 3 heteroatoms. The van der Waals surface area contributed by atoms with Gasteiger partial charge in [-0.05, 0) is 26.0 Å². The van der Waals surface area contributed by atoms with E-state index in [1.165, 1.54) is 0 Å². The van der Waals surface area contributed by atoms with Gasteiger partial charge in [0, 0.05) is 6.54 Å². The Morgan fingerprint density at radius 1 is 1.67 bits per heavy atom. The highest BCUT2D eigenvalue weighted by molar-refractivity contribution is 5.71. The van der Waals surface area contributed by atoms with Crippen LogP contribution in [-0.2, 0) is 9.53 Å². The minimum absolute atomic E-state index is 0.135. The van der Waals surface area contributed by atoms with E-state index in [4.69, 9.17) is 4.74 Å². The van der Waals surface area contributed by atoms with Gasteiger partial charge in [0.05, 0.1) is 6.61 Å². The number of ether oxygens (including phenoxy) is 1. The van der Waals surface area contributed by atoms with Crippen LogP contribution in [0.1, 0.15) is 19.8 Å². The molecule has 0 amide bonds. The lowest BCUT2D eigenvalue weighted by molar-refractivity contribution is -0.143. The first-order valence-corrected chi connectivity index (χ1v) is 4.39. The van der Waals surface area contributed by atoms with Crippen molar-refractivity contribution < 1.29 is 9.53 Å². The largest absolute Gasteiger partial charge is 0.465 e. The molecule has 68 valence electrons. The van der Waals surface area contributed by atoms with Crippen LogP contribution in [0.15, 0.2) is 12.3 Å². The monoisotopic (exact) mass is 169 g/mol. The van der Waals surface area contributed by atoms with Gasteiger partial charge < -0.3 is 9.64 Å². The van der Waals surface area contributed by atoms with Crippen LogP contribution in [0.5, 0.6) is 0 Å². The summed E-state index contributed by atoms with van der Waals surface area (Å²) >= 11 is 0. The molecular formula is C9H15NO2. The molecule has 0 aromatic carbocycles. The maximum atomic E-state index is 11.0. The molecule has 1 heterocycles. The van der Waals surface area contributed by atoms with Crippen molar-refractivity contribution in [3.05, 3.63) is 12.3 Å². The summed E-state index contributed by atoms with van der Waals surface area (Å²) in [6.45, 7) is 3.65. The number of carbonyl (C=O) groups is 1. The molecule has 0 atom stereocenters.